The molecule has 4 nitrogen and oxygen atoms in total. The molecule has 1 aliphatic carbocycles. The fourth-order valence-electron chi connectivity index (χ4n) is 2.73. The van der Waals surface area contributed by atoms with E-state index in [1.165, 1.54) is 6.08 Å². The molecule has 3 rings (SSSR count). The maximum absolute atomic E-state index is 12.5. The molecule has 4 heteroatoms. The Morgan fingerprint density at radius 2 is 2.00 bits per heavy atom. The van der Waals surface area contributed by atoms with Crippen LogP contribution in [0.2, 0.25) is 0 Å². The average Bonchev–Trinajstić information content (AvgIpc) is 2.39. The van der Waals surface area contributed by atoms with Crippen LogP contribution in [0.4, 0.5) is 0 Å². The van der Waals surface area contributed by atoms with Crippen LogP contribution < -0.4 is 4.74 Å². The molecule has 0 aromatic heterocycles. The molecule has 0 amide bonds. The normalized spacial score (nSPS) is 22.9. The van der Waals surface area contributed by atoms with Gasteiger partial charge in [0.25, 0.3) is 0 Å². The lowest BCUT2D eigenvalue weighted by Gasteiger charge is -2.39. The number of ether oxygens (including phenoxy) is 1. The van der Waals surface area contributed by atoms with E-state index in [1.807, 2.05) is 19.9 Å². The summed E-state index contributed by atoms with van der Waals surface area (Å²) in [5, 5.41) is 9.18. The minimum atomic E-state index is -1.03. The fourth-order valence-corrected chi connectivity index (χ4v) is 2.73. The number of fused-ring (bicyclic) bond motifs is 2. The van der Waals surface area contributed by atoms with Gasteiger partial charge in [0.15, 0.2) is 5.78 Å². The van der Waals surface area contributed by atoms with Crippen molar-refractivity contribution in [3.63, 3.8) is 0 Å². The van der Waals surface area contributed by atoms with E-state index in [-0.39, 0.29) is 11.4 Å². The van der Waals surface area contributed by atoms with E-state index < -0.39 is 17.5 Å². The van der Waals surface area contributed by atoms with Crippen molar-refractivity contribution in [2.45, 2.75) is 20.0 Å². The molecular formula is C16H14O4. The molecule has 0 fully saturated rings. The predicted octanol–water partition coefficient (Wildman–Crippen LogP) is 2.61. The van der Waals surface area contributed by atoms with Gasteiger partial charge in [-0.15, -0.1) is 0 Å². The van der Waals surface area contributed by atoms with E-state index >= 15 is 0 Å². The van der Waals surface area contributed by atoms with Crippen molar-refractivity contribution in [1.29, 1.82) is 0 Å². The first-order valence-electron chi connectivity index (χ1n) is 6.38. The molecule has 0 saturated carbocycles. The number of aliphatic carboxylic acids is 1. The second-order valence-electron chi connectivity index (χ2n) is 5.65. The lowest BCUT2D eigenvalue weighted by atomic mass is 9.73. The van der Waals surface area contributed by atoms with Gasteiger partial charge in [-0.1, -0.05) is 32.1 Å². The minimum absolute atomic E-state index is 0.137. The number of rotatable bonds is 1. The Kier molecular flexibility index (Phi) is 2.57. The maximum atomic E-state index is 12.5. The summed E-state index contributed by atoms with van der Waals surface area (Å²) in [6.07, 6.45) is 2.62. The number of hydrogen-bond acceptors (Lipinski definition) is 3. The summed E-state index contributed by atoms with van der Waals surface area (Å²) in [7, 11) is 0. The Labute approximate surface area is 116 Å². The van der Waals surface area contributed by atoms with Crippen molar-refractivity contribution in [1.82, 2.24) is 0 Å². The highest BCUT2D eigenvalue weighted by Gasteiger charge is 2.43. The van der Waals surface area contributed by atoms with Gasteiger partial charge < -0.3 is 9.84 Å². The summed E-state index contributed by atoms with van der Waals surface area (Å²) in [5.74, 6) is -0.632. The minimum Gasteiger partial charge on any atom is -0.484 e. The van der Waals surface area contributed by atoms with Crippen molar-refractivity contribution in [2.24, 2.45) is 5.41 Å². The highest BCUT2D eigenvalue weighted by atomic mass is 16.5. The van der Waals surface area contributed by atoms with Crippen molar-refractivity contribution < 1.29 is 19.4 Å². The highest BCUT2D eigenvalue weighted by Crippen LogP contribution is 2.42. The summed E-state index contributed by atoms with van der Waals surface area (Å²) in [6, 6.07) is 7.04. The summed E-state index contributed by atoms with van der Waals surface area (Å²) < 4.78 is 5.92. The first-order chi connectivity index (χ1) is 9.40. The number of ketones is 1. The molecule has 1 N–H and O–H groups in total. The molecule has 1 aliphatic heterocycles. The van der Waals surface area contributed by atoms with Crippen molar-refractivity contribution in [3.8, 4) is 5.75 Å². The molecule has 102 valence electrons. The highest BCUT2D eigenvalue weighted by molar-refractivity contribution is 6.13. The van der Waals surface area contributed by atoms with Crippen molar-refractivity contribution in [3.05, 3.63) is 53.1 Å². The van der Waals surface area contributed by atoms with Crippen LogP contribution in [-0.4, -0.2) is 23.0 Å². The van der Waals surface area contributed by atoms with E-state index in [0.717, 1.165) is 0 Å². The van der Waals surface area contributed by atoms with Crippen LogP contribution in [0.15, 0.2) is 47.6 Å². The average molecular weight is 270 g/mol. The maximum Gasteiger partial charge on any atom is 0.335 e. The second kappa shape index (κ2) is 4.07. The monoisotopic (exact) mass is 270 g/mol. The van der Waals surface area contributed by atoms with E-state index in [1.54, 1.807) is 24.3 Å². The summed E-state index contributed by atoms with van der Waals surface area (Å²) in [5.41, 5.74) is 0.477. The molecule has 2 aliphatic rings. The molecule has 20 heavy (non-hydrogen) atoms. The Morgan fingerprint density at radius 1 is 1.30 bits per heavy atom. The third-order valence-electron chi connectivity index (χ3n) is 3.68. The van der Waals surface area contributed by atoms with Gasteiger partial charge in [0.05, 0.1) is 11.1 Å². The first-order valence-corrected chi connectivity index (χ1v) is 6.38. The Balaban J connectivity index is 2.17. The third-order valence-corrected chi connectivity index (χ3v) is 3.68. The Morgan fingerprint density at radius 3 is 2.70 bits per heavy atom. The Hall–Kier alpha value is -2.36. The van der Waals surface area contributed by atoms with Gasteiger partial charge >= 0.3 is 5.97 Å². The molecule has 1 unspecified atom stereocenters. The van der Waals surface area contributed by atoms with E-state index in [0.29, 0.717) is 16.9 Å². The molecule has 0 saturated heterocycles. The molecule has 1 atom stereocenters. The number of carboxylic acids is 1. The number of para-hydroxylation sites is 1. The lowest BCUT2D eigenvalue weighted by molar-refractivity contribution is -0.132. The SMILES string of the molecule is CC1(C)C=C(C(=O)O)C=C2C(=O)c3ccccc3OC21. The molecule has 0 bridgehead atoms. The van der Waals surface area contributed by atoms with Gasteiger partial charge in [-0.05, 0) is 18.2 Å². The van der Waals surface area contributed by atoms with Gasteiger partial charge in [0.1, 0.15) is 11.9 Å². The summed E-state index contributed by atoms with van der Waals surface area (Å²) in [4.78, 5) is 23.7. The molecule has 0 radical (unpaired) electrons. The number of Topliss-reactive ketones (excluding diaryl/α,β-unsaturated/α-hetero) is 1. The van der Waals surface area contributed by atoms with Gasteiger partial charge in [-0.2, -0.15) is 0 Å². The van der Waals surface area contributed by atoms with E-state index in [9.17, 15) is 14.7 Å². The number of carboxylic acid groups (broad SMARTS) is 1. The standard InChI is InChI=1S/C16H14O4/c1-16(2)8-9(15(18)19)7-11-13(17)10-5-3-4-6-12(10)20-14(11)16/h3-8,14H,1-2H3,(H,18,19). The van der Waals surface area contributed by atoms with Gasteiger partial charge in [0.2, 0.25) is 0 Å². The second-order valence-corrected chi connectivity index (χ2v) is 5.65. The third kappa shape index (κ3) is 1.76. The number of carbonyl (C=O) groups excluding carboxylic acids is 1. The molecule has 1 aromatic carbocycles. The lowest BCUT2D eigenvalue weighted by Crippen LogP contribution is -2.43. The van der Waals surface area contributed by atoms with Crippen LogP contribution in [-0.2, 0) is 4.79 Å². The summed E-state index contributed by atoms with van der Waals surface area (Å²) >= 11 is 0. The zero-order valence-corrected chi connectivity index (χ0v) is 11.2. The number of benzene rings is 1. The van der Waals surface area contributed by atoms with Crippen LogP contribution in [0.3, 0.4) is 0 Å². The molecule has 1 heterocycles. The van der Waals surface area contributed by atoms with E-state index in [4.69, 9.17) is 4.74 Å². The van der Waals surface area contributed by atoms with Crippen LogP contribution in [0.25, 0.3) is 0 Å². The largest absolute Gasteiger partial charge is 0.484 e. The van der Waals surface area contributed by atoms with Crippen LogP contribution >= 0.6 is 0 Å². The Bertz CT molecular complexity index is 679. The summed E-state index contributed by atoms with van der Waals surface area (Å²) in [6.45, 7) is 3.74. The van der Waals surface area contributed by atoms with Gasteiger partial charge in [0, 0.05) is 11.0 Å². The predicted molar refractivity (Wildman–Crippen MR) is 72.8 cm³/mol. The smallest absolute Gasteiger partial charge is 0.335 e. The van der Waals surface area contributed by atoms with Gasteiger partial charge in [-0.3, -0.25) is 4.79 Å². The van der Waals surface area contributed by atoms with Crippen LogP contribution in [0, 0.1) is 5.41 Å². The molecular weight excluding hydrogens is 256 g/mol. The van der Waals surface area contributed by atoms with E-state index in [2.05, 4.69) is 0 Å². The zero-order chi connectivity index (χ0) is 14.5. The van der Waals surface area contributed by atoms with Crippen LogP contribution in [0.1, 0.15) is 24.2 Å². The molecule has 1 aromatic rings. The zero-order valence-electron chi connectivity index (χ0n) is 11.2. The van der Waals surface area contributed by atoms with Crippen molar-refractivity contribution >= 4 is 11.8 Å². The van der Waals surface area contributed by atoms with Crippen LogP contribution in [0.5, 0.6) is 5.75 Å². The topological polar surface area (TPSA) is 63.6 Å². The number of carbonyl (C=O) groups is 2. The fraction of sp³-hybridized carbons (Fsp3) is 0.250. The quantitative estimate of drug-likeness (QED) is 0.852. The van der Waals surface area contributed by atoms with Crippen molar-refractivity contribution in [2.75, 3.05) is 0 Å². The number of hydrogen-bond donors (Lipinski definition) is 1. The first kappa shape index (κ1) is 12.7. The molecule has 0 spiro atoms. The van der Waals surface area contributed by atoms with Gasteiger partial charge in [-0.25, -0.2) is 4.79 Å².